The topological polar surface area (TPSA) is 73.9 Å². The van der Waals surface area contributed by atoms with Crippen LogP contribution in [0.4, 0.5) is 0 Å². The van der Waals surface area contributed by atoms with E-state index in [1.807, 2.05) is 11.4 Å². The van der Waals surface area contributed by atoms with Gasteiger partial charge in [0.15, 0.2) is 5.84 Å². The van der Waals surface area contributed by atoms with E-state index in [0.717, 1.165) is 16.2 Å². The van der Waals surface area contributed by atoms with Gasteiger partial charge in [-0.1, -0.05) is 35.0 Å². The molecule has 1 heterocycles. The average molecular weight is 387 g/mol. The van der Waals surface area contributed by atoms with Gasteiger partial charge in [-0.05, 0) is 53.4 Å². The van der Waals surface area contributed by atoms with Gasteiger partial charge in [-0.3, -0.25) is 0 Å². The predicted octanol–water partition coefficient (Wildman–Crippen LogP) is 4.46. The lowest BCUT2D eigenvalue weighted by Gasteiger charge is -2.07. The summed E-state index contributed by atoms with van der Waals surface area (Å²) in [6.07, 6.45) is 0. The Morgan fingerprint density at radius 2 is 1.81 bits per heavy atom. The van der Waals surface area contributed by atoms with Gasteiger partial charge in [-0.2, -0.15) is 0 Å². The van der Waals surface area contributed by atoms with Crippen molar-refractivity contribution in [2.75, 3.05) is 0 Å². The third kappa shape index (κ3) is 4.84. The Labute approximate surface area is 159 Å². The van der Waals surface area contributed by atoms with Crippen LogP contribution in [0.5, 0.6) is 5.75 Å². The summed E-state index contributed by atoms with van der Waals surface area (Å²) in [7, 11) is 0. The molecule has 0 aliphatic heterocycles. The minimum atomic E-state index is -0.574. The fourth-order valence-corrected chi connectivity index (χ4v) is 2.79. The molecule has 0 amide bonds. The number of thiophene rings is 1. The van der Waals surface area contributed by atoms with Gasteiger partial charge >= 0.3 is 5.97 Å². The maximum absolute atomic E-state index is 12.0. The third-order valence-electron chi connectivity index (χ3n) is 3.41. The van der Waals surface area contributed by atoms with Crippen molar-refractivity contribution < 1.29 is 14.4 Å². The number of nitrogens with two attached hydrogens (primary N) is 1. The molecule has 0 spiro atoms. The fourth-order valence-electron chi connectivity index (χ4n) is 2.05. The number of rotatable bonds is 6. The zero-order valence-corrected chi connectivity index (χ0v) is 15.2. The predicted molar refractivity (Wildman–Crippen MR) is 103 cm³/mol. The Morgan fingerprint density at radius 3 is 2.46 bits per heavy atom. The van der Waals surface area contributed by atoms with Crippen molar-refractivity contribution in [1.82, 2.24) is 0 Å². The number of hydrogen-bond acceptors (Lipinski definition) is 5. The van der Waals surface area contributed by atoms with E-state index in [2.05, 4.69) is 5.16 Å². The lowest BCUT2D eigenvalue weighted by molar-refractivity contribution is 0.0516. The normalized spacial score (nSPS) is 11.2. The summed E-state index contributed by atoms with van der Waals surface area (Å²) in [5.74, 6) is 0.312. The molecule has 0 saturated carbocycles. The van der Waals surface area contributed by atoms with Crippen LogP contribution < -0.4 is 10.5 Å². The molecule has 7 heteroatoms. The monoisotopic (exact) mass is 386 g/mol. The number of benzene rings is 2. The summed E-state index contributed by atoms with van der Waals surface area (Å²) in [4.78, 5) is 17.6. The van der Waals surface area contributed by atoms with E-state index in [0.29, 0.717) is 17.2 Å². The van der Waals surface area contributed by atoms with Crippen molar-refractivity contribution in [3.63, 3.8) is 0 Å². The Kier molecular flexibility index (Phi) is 5.88. The highest BCUT2D eigenvalue weighted by atomic mass is 35.5. The number of carbonyl (C=O) groups is 1. The molecule has 2 aromatic carbocycles. The summed E-state index contributed by atoms with van der Waals surface area (Å²) < 4.78 is 5.66. The van der Waals surface area contributed by atoms with Gasteiger partial charge in [-0.25, -0.2) is 4.79 Å². The van der Waals surface area contributed by atoms with Crippen LogP contribution in [0, 0.1) is 0 Å². The maximum atomic E-state index is 12.0. The fraction of sp³-hybridized carbons (Fsp3) is 0.0526. The molecule has 0 bridgehead atoms. The second-order valence-corrected chi connectivity index (χ2v) is 6.66. The average Bonchev–Trinajstić information content (AvgIpc) is 3.21. The Balaban J connectivity index is 1.55. The number of ether oxygens (including phenoxy) is 1. The lowest BCUT2D eigenvalue weighted by atomic mass is 10.1. The highest BCUT2D eigenvalue weighted by Gasteiger charge is 2.08. The van der Waals surface area contributed by atoms with Gasteiger partial charge in [0.05, 0.1) is 10.4 Å². The van der Waals surface area contributed by atoms with Crippen molar-refractivity contribution in [3.05, 3.63) is 87.1 Å². The molecule has 5 nitrogen and oxygen atoms in total. The van der Waals surface area contributed by atoms with E-state index in [9.17, 15) is 4.79 Å². The second kappa shape index (κ2) is 8.51. The number of carbonyl (C=O) groups excluding carboxylic acids is 1. The van der Waals surface area contributed by atoms with Crippen LogP contribution in [0.2, 0.25) is 5.02 Å². The zero-order chi connectivity index (χ0) is 18.4. The van der Waals surface area contributed by atoms with Gasteiger partial charge in [0.1, 0.15) is 12.4 Å². The molecule has 0 saturated heterocycles. The Morgan fingerprint density at radius 1 is 1.08 bits per heavy atom. The van der Waals surface area contributed by atoms with Crippen LogP contribution in [-0.4, -0.2) is 11.8 Å². The molecule has 2 N–H and O–H groups in total. The highest BCUT2D eigenvalue weighted by molar-refractivity contribution is 7.12. The first-order valence-electron chi connectivity index (χ1n) is 7.68. The van der Waals surface area contributed by atoms with E-state index >= 15 is 0 Å². The SMILES string of the molecule is N/C(=N\OC(=O)c1ccc(COc2ccc(Cl)cc2)cc1)c1cccs1. The number of nitrogens with zero attached hydrogens (tertiary/aromatic N) is 1. The quantitative estimate of drug-likeness (QED) is 0.294. The van der Waals surface area contributed by atoms with Crippen LogP contribution in [0.3, 0.4) is 0 Å². The minimum absolute atomic E-state index is 0.168. The van der Waals surface area contributed by atoms with E-state index in [-0.39, 0.29) is 5.84 Å². The third-order valence-corrected chi connectivity index (χ3v) is 4.55. The van der Waals surface area contributed by atoms with Crippen molar-refractivity contribution in [2.45, 2.75) is 6.61 Å². The number of oxime groups is 1. The molecule has 0 fully saturated rings. The number of halogens is 1. The van der Waals surface area contributed by atoms with Gasteiger partial charge in [0.25, 0.3) is 0 Å². The van der Waals surface area contributed by atoms with E-state index < -0.39 is 5.97 Å². The molecule has 0 aliphatic rings. The second-order valence-electron chi connectivity index (χ2n) is 5.27. The van der Waals surface area contributed by atoms with Crippen LogP contribution in [0.15, 0.2) is 71.2 Å². The van der Waals surface area contributed by atoms with Gasteiger partial charge in [0.2, 0.25) is 0 Å². The summed E-state index contributed by atoms with van der Waals surface area (Å²) in [6, 6.07) is 17.6. The molecule has 3 rings (SSSR count). The summed E-state index contributed by atoms with van der Waals surface area (Å²) >= 11 is 7.25. The maximum Gasteiger partial charge on any atom is 0.365 e. The first kappa shape index (κ1) is 18.0. The van der Waals surface area contributed by atoms with E-state index in [1.54, 1.807) is 54.6 Å². The Bertz CT molecular complexity index is 892. The van der Waals surface area contributed by atoms with Gasteiger partial charge < -0.3 is 15.3 Å². The van der Waals surface area contributed by atoms with Crippen LogP contribution in [0.1, 0.15) is 20.8 Å². The van der Waals surface area contributed by atoms with Gasteiger partial charge in [-0.15, -0.1) is 11.3 Å². The molecule has 132 valence electrons. The summed E-state index contributed by atoms with van der Waals surface area (Å²) in [6.45, 7) is 0.375. The van der Waals surface area contributed by atoms with Gasteiger partial charge in [0, 0.05) is 5.02 Å². The highest BCUT2D eigenvalue weighted by Crippen LogP contribution is 2.17. The summed E-state index contributed by atoms with van der Waals surface area (Å²) in [5, 5.41) is 6.19. The van der Waals surface area contributed by atoms with Crippen molar-refractivity contribution in [2.24, 2.45) is 10.9 Å². The first-order chi connectivity index (χ1) is 12.6. The van der Waals surface area contributed by atoms with Crippen molar-refractivity contribution in [3.8, 4) is 5.75 Å². The molecule has 0 unspecified atom stereocenters. The van der Waals surface area contributed by atoms with Crippen molar-refractivity contribution >= 4 is 34.7 Å². The van der Waals surface area contributed by atoms with Crippen molar-refractivity contribution in [1.29, 1.82) is 0 Å². The zero-order valence-electron chi connectivity index (χ0n) is 13.6. The standard InChI is InChI=1S/C19H15ClN2O3S/c20-15-7-9-16(10-8-15)24-12-13-3-5-14(6-4-13)19(23)25-22-18(21)17-2-1-11-26-17/h1-11H,12H2,(H2,21,22). The molecule has 0 atom stereocenters. The van der Waals surface area contributed by atoms with E-state index in [1.165, 1.54) is 11.3 Å². The molecule has 0 radical (unpaired) electrons. The minimum Gasteiger partial charge on any atom is -0.489 e. The smallest absolute Gasteiger partial charge is 0.365 e. The molecular formula is C19H15ClN2O3S. The molecular weight excluding hydrogens is 372 g/mol. The molecule has 0 aliphatic carbocycles. The van der Waals surface area contributed by atoms with Crippen LogP contribution >= 0.6 is 22.9 Å². The molecule has 3 aromatic rings. The largest absolute Gasteiger partial charge is 0.489 e. The summed E-state index contributed by atoms with van der Waals surface area (Å²) in [5.41, 5.74) is 7.05. The molecule has 1 aromatic heterocycles. The first-order valence-corrected chi connectivity index (χ1v) is 8.93. The van der Waals surface area contributed by atoms with Crippen LogP contribution in [0.25, 0.3) is 0 Å². The lowest BCUT2D eigenvalue weighted by Crippen LogP contribution is -2.13. The van der Waals surface area contributed by atoms with Crippen LogP contribution in [-0.2, 0) is 11.4 Å². The van der Waals surface area contributed by atoms with E-state index in [4.69, 9.17) is 26.9 Å². The molecule has 26 heavy (non-hydrogen) atoms. The Hall–Kier alpha value is -2.83. The number of amidine groups is 1. The number of hydrogen-bond donors (Lipinski definition) is 1.